The monoisotopic (exact) mass is 282 g/mol. The lowest BCUT2D eigenvalue weighted by atomic mass is 10.0. The molecule has 106 valence electrons. The highest BCUT2D eigenvalue weighted by atomic mass is 32.1. The number of amides is 1. The zero-order valence-electron chi connectivity index (χ0n) is 11.4. The molecule has 0 radical (unpaired) electrons. The molecule has 1 aromatic rings. The van der Waals surface area contributed by atoms with Crippen molar-refractivity contribution in [3.05, 3.63) is 16.1 Å². The van der Waals surface area contributed by atoms with Gasteiger partial charge in [-0.05, 0) is 25.9 Å². The first-order valence-electron chi connectivity index (χ1n) is 6.91. The van der Waals surface area contributed by atoms with Crippen LogP contribution in [0.15, 0.2) is 5.38 Å². The highest BCUT2D eigenvalue weighted by Crippen LogP contribution is 2.16. The normalized spacial score (nSPS) is 20.4. The fourth-order valence-electron chi connectivity index (χ4n) is 2.52. The average Bonchev–Trinajstić information content (AvgIpc) is 2.94. The molecule has 1 fully saturated rings. The maximum absolute atomic E-state index is 12.0. The van der Waals surface area contributed by atoms with Crippen molar-refractivity contribution in [2.45, 2.75) is 38.8 Å². The molecule has 1 amide bonds. The molecule has 0 saturated carbocycles. The van der Waals surface area contributed by atoms with E-state index in [1.807, 2.05) is 0 Å². The summed E-state index contributed by atoms with van der Waals surface area (Å²) in [7, 11) is 0. The van der Waals surface area contributed by atoms with Crippen molar-refractivity contribution in [1.29, 1.82) is 0 Å². The van der Waals surface area contributed by atoms with E-state index in [2.05, 4.69) is 22.1 Å². The Morgan fingerprint density at radius 2 is 2.47 bits per heavy atom. The molecule has 0 bridgehead atoms. The minimum absolute atomic E-state index is 0.0856. The van der Waals surface area contributed by atoms with Crippen molar-refractivity contribution >= 4 is 17.2 Å². The molecule has 1 atom stereocenters. The van der Waals surface area contributed by atoms with Crippen LogP contribution in [0.4, 0.5) is 0 Å². The summed E-state index contributed by atoms with van der Waals surface area (Å²) in [6.45, 7) is 5.47. The number of likely N-dealkylation sites (N-methyl/N-ethyl adjacent to an activating group) is 1. The SMILES string of the molecule is CCN1CCCCC1CNC(=O)c1csc(CN)n1. The topological polar surface area (TPSA) is 71.2 Å². The summed E-state index contributed by atoms with van der Waals surface area (Å²) >= 11 is 1.44. The summed E-state index contributed by atoms with van der Waals surface area (Å²) in [4.78, 5) is 18.6. The van der Waals surface area contributed by atoms with Crippen LogP contribution in [0.3, 0.4) is 0 Å². The number of likely N-dealkylation sites (tertiary alicyclic amines) is 1. The predicted molar refractivity (Wildman–Crippen MR) is 77.2 cm³/mol. The van der Waals surface area contributed by atoms with Crippen molar-refractivity contribution in [3.8, 4) is 0 Å². The molecular weight excluding hydrogens is 260 g/mol. The predicted octanol–water partition coefficient (Wildman–Crippen LogP) is 1.21. The van der Waals surface area contributed by atoms with Gasteiger partial charge >= 0.3 is 0 Å². The van der Waals surface area contributed by atoms with Crippen LogP contribution in [0.25, 0.3) is 0 Å². The number of piperidine rings is 1. The lowest BCUT2D eigenvalue weighted by Crippen LogP contribution is -2.46. The fraction of sp³-hybridized carbons (Fsp3) is 0.692. The van der Waals surface area contributed by atoms with Gasteiger partial charge in [0.25, 0.3) is 5.91 Å². The summed E-state index contributed by atoms with van der Waals surface area (Å²) in [6.07, 6.45) is 3.69. The largest absolute Gasteiger partial charge is 0.349 e. The van der Waals surface area contributed by atoms with Gasteiger partial charge in [0.1, 0.15) is 10.7 Å². The Balaban J connectivity index is 1.85. The molecule has 2 rings (SSSR count). The van der Waals surface area contributed by atoms with Crippen LogP contribution in [-0.4, -0.2) is 41.5 Å². The van der Waals surface area contributed by atoms with Crippen LogP contribution >= 0.6 is 11.3 Å². The zero-order chi connectivity index (χ0) is 13.7. The van der Waals surface area contributed by atoms with Gasteiger partial charge in [-0.1, -0.05) is 13.3 Å². The van der Waals surface area contributed by atoms with E-state index in [4.69, 9.17) is 5.73 Å². The first kappa shape index (κ1) is 14.4. The maximum Gasteiger partial charge on any atom is 0.270 e. The quantitative estimate of drug-likeness (QED) is 0.851. The number of nitrogens with one attached hydrogen (secondary N) is 1. The Morgan fingerprint density at radius 1 is 1.63 bits per heavy atom. The van der Waals surface area contributed by atoms with E-state index in [1.54, 1.807) is 5.38 Å². The minimum atomic E-state index is -0.0856. The number of nitrogens with two attached hydrogens (primary N) is 1. The molecule has 1 unspecified atom stereocenters. The van der Waals surface area contributed by atoms with E-state index in [0.717, 1.165) is 18.1 Å². The third-order valence-electron chi connectivity index (χ3n) is 3.61. The van der Waals surface area contributed by atoms with Gasteiger partial charge in [-0.15, -0.1) is 11.3 Å². The number of hydrogen-bond acceptors (Lipinski definition) is 5. The Bertz CT molecular complexity index is 421. The molecule has 1 saturated heterocycles. The average molecular weight is 282 g/mol. The molecule has 5 nitrogen and oxygen atoms in total. The molecule has 0 aliphatic carbocycles. The van der Waals surface area contributed by atoms with Crippen LogP contribution in [-0.2, 0) is 6.54 Å². The van der Waals surface area contributed by atoms with E-state index in [0.29, 0.717) is 24.8 Å². The Kier molecular flexibility index (Phi) is 5.30. The first-order chi connectivity index (χ1) is 9.24. The number of nitrogens with zero attached hydrogens (tertiary/aromatic N) is 2. The minimum Gasteiger partial charge on any atom is -0.349 e. The molecule has 3 N–H and O–H groups in total. The standard InChI is InChI=1S/C13H22N4OS/c1-2-17-6-4-3-5-10(17)8-15-13(18)11-9-19-12(7-14)16-11/h9-10H,2-8,14H2,1H3,(H,15,18). The molecule has 6 heteroatoms. The summed E-state index contributed by atoms with van der Waals surface area (Å²) in [5.74, 6) is -0.0856. The maximum atomic E-state index is 12.0. The number of aromatic nitrogens is 1. The van der Waals surface area contributed by atoms with E-state index in [9.17, 15) is 4.79 Å². The molecule has 0 aromatic carbocycles. The Morgan fingerprint density at radius 3 is 3.16 bits per heavy atom. The molecule has 0 spiro atoms. The summed E-state index contributed by atoms with van der Waals surface area (Å²) in [5, 5.41) is 5.57. The Labute approximate surface area is 118 Å². The highest BCUT2D eigenvalue weighted by Gasteiger charge is 2.21. The van der Waals surface area contributed by atoms with Gasteiger partial charge in [0.15, 0.2) is 0 Å². The van der Waals surface area contributed by atoms with Gasteiger partial charge in [-0.3, -0.25) is 9.69 Å². The van der Waals surface area contributed by atoms with Gasteiger partial charge in [-0.25, -0.2) is 4.98 Å². The summed E-state index contributed by atoms with van der Waals surface area (Å²) in [5.41, 5.74) is 5.99. The molecular formula is C13H22N4OS. The third-order valence-corrected chi connectivity index (χ3v) is 4.48. The number of hydrogen-bond donors (Lipinski definition) is 2. The van der Waals surface area contributed by atoms with Crippen molar-refractivity contribution < 1.29 is 4.79 Å². The second-order valence-corrected chi connectivity index (χ2v) is 5.76. The van der Waals surface area contributed by atoms with Gasteiger partial charge in [-0.2, -0.15) is 0 Å². The summed E-state index contributed by atoms with van der Waals surface area (Å²) in [6, 6.07) is 0.468. The van der Waals surface area contributed by atoms with Crippen molar-refractivity contribution in [1.82, 2.24) is 15.2 Å². The highest BCUT2D eigenvalue weighted by molar-refractivity contribution is 7.09. The lowest BCUT2D eigenvalue weighted by Gasteiger charge is -2.34. The number of rotatable bonds is 5. The summed E-state index contributed by atoms with van der Waals surface area (Å²) < 4.78 is 0. The third kappa shape index (κ3) is 3.75. The Hall–Kier alpha value is -0.980. The first-order valence-corrected chi connectivity index (χ1v) is 7.79. The van der Waals surface area contributed by atoms with E-state index in [1.165, 1.54) is 30.6 Å². The van der Waals surface area contributed by atoms with Gasteiger partial charge < -0.3 is 11.1 Å². The van der Waals surface area contributed by atoms with E-state index in [-0.39, 0.29) is 5.91 Å². The van der Waals surface area contributed by atoms with Crippen molar-refractivity contribution in [2.75, 3.05) is 19.6 Å². The second-order valence-electron chi connectivity index (χ2n) is 4.82. The van der Waals surface area contributed by atoms with Crippen LogP contribution < -0.4 is 11.1 Å². The van der Waals surface area contributed by atoms with Crippen LogP contribution in [0, 0.1) is 0 Å². The molecule has 1 aromatic heterocycles. The lowest BCUT2D eigenvalue weighted by molar-refractivity contribution is 0.0913. The number of thiazole rings is 1. The van der Waals surface area contributed by atoms with Crippen molar-refractivity contribution in [3.63, 3.8) is 0 Å². The number of carbonyl (C=O) groups is 1. The van der Waals surface area contributed by atoms with E-state index >= 15 is 0 Å². The van der Waals surface area contributed by atoms with Crippen LogP contribution in [0.5, 0.6) is 0 Å². The fourth-order valence-corrected chi connectivity index (χ4v) is 3.17. The molecule has 2 heterocycles. The smallest absolute Gasteiger partial charge is 0.270 e. The van der Waals surface area contributed by atoms with Crippen LogP contribution in [0.2, 0.25) is 0 Å². The second kappa shape index (κ2) is 6.98. The van der Waals surface area contributed by atoms with E-state index < -0.39 is 0 Å². The molecule has 19 heavy (non-hydrogen) atoms. The zero-order valence-corrected chi connectivity index (χ0v) is 12.2. The molecule has 1 aliphatic heterocycles. The van der Waals surface area contributed by atoms with Gasteiger partial charge in [0.05, 0.1) is 0 Å². The van der Waals surface area contributed by atoms with Crippen LogP contribution in [0.1, 0.15) is 41.7 Å². The van der Waals surface area contributed by atoms with Gasteiger partial charge in [0, 0.05) is 24.5 Å². The van der Waals surface area contributed by atoms with Crippen molar-refractivity contribution in [2.24, 2.45) is 5.73 Å². The number of carbonyl (C=O) groups excluding carboxylic acids is 1. The molecule has 1 aliphatic rings. The van der Waals surface area contributed by atoms with Gasteiger partial charge in [0.2, 0.25) is 0 Å².